The molecule has 5 nitrogen and oxygen atoms in total. The Labute approximate surface area is 178 Å². The summed E-state index contributed by atoms with van der Waals surface area (Å²) in [5, 5.41) is 5.59. The Hall–Kier alpha value is -2.12. The number of fused-ring (bicyclic) bond motifs is 1. The number of thiophene rings is 1. The molecule has 1 aliphatic rings. The van der Waals surface area contributed by atoms with Crippen LogP contribution in [0.5, 0.6) is 0 Å². The first-order valence-electron chi connectivity index (χ1n) is 10.0. The summed E-state index contributed by atoms with van der Waals surface area (Å²) in [7, 11) is 0. The van der Waals surface area contributed by atoms with E-state index in [1.54, 1.807) is 4.57 Å². The average Bonchev–Trinajstić information content (AvgIpc) is 3.19. The number of carbonyl (C=O) groups excluding carboxylic acids is 1. The van der Waals surface area contributed by atoms with Crippen LogP contribution < -0.4 is 10.9 Å². The normalized spacial score (nSPS) is 15.0. The van der Waals surface area contributed by atoms with E-state index in [2.05, 4.69) is 5.32 Å². The Balaban J connectivity index is 1.65. The van der Waals surface area contributed by atoms with Gasteiger partial charge in [0.2, 0.25) is 5.91 Å². The third kappa shape index (κ3) is 4.26. The first-order valence-corrected chi connectivity index (χ1v) is 11.9. The van der Waals surface area contributed by atoms with Gasteiger partial charge in [-0.15, -0.1) is 11.3 Å². The molecule has 0 atom stereocenters. The number of rotatable bonds is 5. The molecule has 0 spiro atoms. The first-order chi connectivity index (χ1) is 14.0. The van der Waals surface area contributed by atoms with Crippen LogP contribution in [0.4, 0.5) is 0 Å². The van der Waals surface area contributed by atoms with E-state index >= 15 is 0 Å². The molecule has 3 aromatic rings. The summed E-state index contributed by atoms with van der Waals surface area (Å²) in [4.78, 5) is 30.5. The van der Waals surface area contributed by atoms with Crippen molar-refractivity contribution in [3.8, 4) is 5.69 Å². The third-order valence-electron chi connectivity index (χ3n) is 5.57. The standard InChI is InChI=1S/C22H25N3O2S2/c1-14-7-6-10-18(15(14)2)25-21(27)20-17(11-12-28-20)24-22(25)29-13-19(26)23-16-8-4-3-5-9-16/h6-7,10-12,16H,3-5,8-9,13H2,1-2H3,(H,23,26). The second-order valence-corrected chi connectivity index (χ2v) is 9.44. The van der Waals surface area contributed by atoms with Crippen LogP contribution in [0.25, 0.3) is 15.9 Å². The predicted molar refractivity (Wildman–Crippen MR) is 120 cm³/mol. The highest BCUT2D eigenvalue weighted by Gasteiger charge is 2.19. The highest BCUT2D eigenvalue weighted by molar-refractivity contribution is 7.99. The quantitative estimate of drug-likeness (QED) is 0.477. The molecule has 1 N–H and O–H groups in total. The van der Waals surface area contributed by atoms with Crippen LogP contribution in [0.15, 0.2) is 39.6 Å². The monoisotopic (exact) mass is 427 g/mol. The van der Waals surface area contributed by atoms with Crippen LogP contribution >= 0.6 is 23.1 Å². The number of amides is 1. The average molecular weight is 428 g/mol. The smallest absolute Gasteiger partial charge is 0.276 e. The molecular weight excluding hydrogens is 402 g/mol. The fraction of sp³-hybridized carbons (Fsp3) is 0.409. The molecule has 0 unspecified atom stereocenters. The van der Waals surface area contributed by atoms with E-state index in [0.717, 1.165) is 29.7 Å². The lowest BCUT2D eigenvalue weighted by Crippen LogP contribution is -2.37. The lowest BCUT2D eigenvalue weighted by molar-refractivity contribution is -0.119. The minimum Gasteiger partial charge on any atom is -0.353 e. The number of benzene rings is 1. The molecule has 4 rings (SSSR count). The van der Waals surface area contributed by atoms with E-state index in [0.29, 0.717) is 15.4 Å². The molecular formula is C22H25N3O2S2. The molecule has 1 saturated carbocycles. The van der Waals surface area contributed by atoms with E-state index in [1.165, 1.54) is 42.4 Å². The maximum Gasteiger partial charge on any atom is 0.276 e. The van der Waals surface area contributed by atoms with Crippen LogP contribution in [0.3, 0.4) is 0 Å². The summed E-state index contributed by atoms with van der Waals surface area (Å²) in [6.07, 6.45) is 5.74. The lowest BCUT2D eigenvalue weighted by atomic mass is 9.95. The Morgan fingerprint density at radius 2 is 2.03 bits per heavy atom. The molecule has 152 valence electrons. The van der Waals surface area contributed by atoms with Crippen LogP contribution in [-0.2, 0) is 4.79 Å². The molecule has 0 bridgehead atoms. The molecule has 2 heterocycles. The number of thioether (sulfide) groups is 1. The largest absolute Gasteiger partial charge is 0.353 e. The Bertz CT molecular complexity index is 1100. The van der Waals surface area contributed by atoms with Gasteiger partial charge < -0.3 is 5.32 Å². The van der Waals surface area contributed by atoms with Gasteiger partial charge in [-0.3, -0.25) is 14.2 Å². The minimum absolute atomic E-state index is 0.00841. The summed E-state index contributed by atoms with van der Waals surface area (Å²) in [5.41, 5.74) is 3.60. The SMILES string of the molecule is Cc1cccc(-n2c(SCC(=O)NC3CCCCC3)nc3ccsc3c2=O)c1C. The predicted octanol–water partition coefficient (Wildman–Crippen LogP) is 4.61. The minimum atomic E-state index is -0.0751. The van der Waals surface area contributed by atoms with Crippen LogP contribution in [0.1, 0.15) is 43.2 Å². The molecule has 0 aliphatic heterocycles. The zero-order valence-electron chi connectivity index (χ0n) is 16.7. The molecule has 7 heteroatoms. The van der Waals surface area contributed by atoms with Gasteiger partial charge in [-0.1, -0.05) is 43.2 Å². The highest BCUT2D eigenvalue weighted by atomic mass is 32.2. The van der Waals surface area contributed by atoms with Crippen LogP contribution in [0, 0.1) is 13.8 Å². The van der Waals surface area contributed by atoms with Crippen molar-refractivity contribution in [1.82, 2.24) is 14.9 Å². The van der Waals surface area contributed by atoms with Gasteiger partial charge in [0.25, 0.3) is 5.56 Å². The van der Waals surface area contributed by atoms with E-state index in [4.69, 9.17) is 4.98 Å². The Morgan fingerprint density at radius 1 is 1.24 bits per heavy atom. The zero-order valence-corrected chi connectivity index (χ0v) is 18.4. The molecule has 1 fully saturated rings. The molecule has 1 aromatic carbocycles. The molecule has 1 aliphatic carbocycles. The lowest BCUT2D eigenvalue weighted by Gasteiger charge is -2.22. The van der Waals surface area contributed by atoms with Gasteiger partial charge >= 0.3 is 0 Å². The molecule has 1 amide bonds. The number of nitrogens with zero attached hydrogens (tertiary/aromatic N) is 2. The van der Waals surface area contributed by atoms with Gasteiger partial charge in [0.15, 0.2) is 5.16 Å². The van der Waals surface area contributed by atoms with Gasteiger partial charge in [0.05, 0.1) is 17.0 Å². The summed E-state index contributed by atoms with van der Waals surface area (Å²) in [5.74, 6) is 0.262. The number of hydrogen-bond donors (Lipinski definition) is 1. The van der Waals surface area contributed by atoms with Crippen molar-refractivity contribution in [1.29, 1.82) is 0 Å². The Morgan fingerprint density at radius 3 is 2.83 bits per heavy atom. The Kier molecular flexibility index (Phi) is 6.06. The van der Waals surface area contributed by atoms with Crippen molar-refractivity contribution in [2.75, 3.05) is 5.75 Å². The highest BCUT2D eigenvalue weighted by Crippen LogP contribution is 2.26. The zero-order chi connectivity index (χ0) is 20.4. The van der Waals surface area contributed by atoms with Crippen LogP contribution in [-0.4, -0.2) is 27.3 Å². The van der Waals surface area contributed by atoms with Gasteiger partial charge in [0, 0.05) is 6.04 Å². The fourth-order valence-electron chi connectivity index (χ4n) is 3.83. The topological polar surface area (TPSA) is 64.0 Å². The van der Waals surface area contributed by atoms with Crippen molar-refractivity contribution >= 4 is 39.2 Å². The molecule has 0 radical (unpaired) electrons. The van der Waals surface area contributed by atoms with Crippen LogP contribution in [0.2, 0.25) is 0 Å². The molecule has 2 aromatic heterocycles. The molecule has 0 saturated heterocycles. The number of aromatic nitrogens is 2. The van der Waals surface area contributed by atoms with Crippen molar-refractivity contribution < 1.29 is 4.79 Å². The maximum atomic E-state index is 13.3. The van der Waals surface area contributed by atoms with Crippen molar-refractivity contribution in [3.05, 3.63) is 51.1 Å². The van der Waals surface area contributed by atoms with Gasteiger partial charge in [-0.05, 0) is 55.3 Å². The third-order valence-corrected chi connectivity index (χ3v) is 7.40. The van der Waals surface area contributed by atoms with E-state index in [9.17, 15) is 9.59 Å². The number of aryl methyl sites for hydroxylation is 1. The summed E-state index contributed by atoms with van der Waals surface area (Å²) < 4.78 is 2.31. The van der Waals surface area contributed by atoms with Gasteiger partial charge in [0.1, 0.15) is 4.70 Å². The number of hydrogen-bond acceptors (Lipinski definition) is 5. The van der Waals surface area contributed by atoms with E-state index in [-0.39, 0.29) is 23.3 Å². The maximum absolute atomic E-state index is 13.3. The van der Waals surface area contributed by atoms with E-state index < -0.39 is 0 Å². The van der Waals surface area contributed by atoms with Crippen molar-refractivity contribution in [2.45, 2.75) is 57.1 Å². The van der Waals surface area contributed by atoms with Crippen molar-refractivity contribution in [2.24, 2.45) is 0 Å². The summed E-state index contributed by atoms with van der Waals surface area (Å²) in [6.45, 7) is 4.05. The summed E-state index contributed by atoms with van der Waals surface area (Å²) in [6, 6.07) is 8.07. The second kappa shape index (κ2) is 8.71. The number of nitrogens with one attached hydrogen (secondary N) is 1. The van der Waals surface area contributed by atoms with Gasteiger partial charge in [-0.25, -0.2) is 4.98 Å². The van der Waals surface area contributed by atoms with Crippen molar-refractivity contribution in [3.63, 3.8) is 0 Å². The first kappa shape index (κ1) is 20.2. The fourth-order valence-corrected chi connectivity index (χ4v) is 5.40. The second-order valence-electron chi connectivity index (χ2n) is 7.58. The number of carbonyl (C=O) groups is 1. The van der Waals surface area contributed by atoms with Gasteiger partial charge in [-0.2, -0.15) is 0 Å². The van der Waals surface area contributed by atoms with E-state index in [1.807, 2.05) is 43.5 Å². The molecule has 29 heavy (non-hydrogen) atoms. The summed E-state index contributed by atoms with van der Waals surface area (Å²) >= 11 is 2.73.